The number of likely N-dealkylation sites (tertiary alicyclic amines) is 1. The van der Waals surface area contributed by atoms with Crippen molar-refractivity contribution in [2.24, 2.45) is 5.14 Å². The van der Waals surface area contributed by atoms with E-state index in [0.717, 1.165) is 11.3 Å². The molecule has 2 heterocycles. The predicted molar refractivity (Wildman–Crippen MR) is 146 cm³/mol. The van der Waals surface area contributed by atoms with Gasteiger partial charge in [-0.25, -0.2) is 31.1 Å². The van der Waals surface area contributed by atoms with Crippen molar-refractivity contribution >= 4 is 42.8 Å². The highest BCUT2D eigenvalue weighted by atomic mass is 32.2. The number of hydrogen-bond donors (Lipinski definition) is 3. The molecule has 4 rings (SSSR count). The van der Waals surface area contributed by atoms with Crippen LogP contribution in [0.5, 0.6) is 5.75 Å². The SMILES string of the molecule is COc1cc(S(N)(=O)=O)ccc1NCC#Cc1sc2c(NC3CCN(C)CC3F)cccc2c1C(F)C(F)F. The third-order valence-electron chi connectivity index (χ3n) is 6.41. The summed E-state index contributed by atoms with van der Waals surface area (Å²) >= 11 is 1.07. The summed E-state index contributed by atoms with van der Waals surface area (Å²) in [6.07, 6.45) is -6.34. The molecule has 4 N–H and O–H groups in total. The Bertz CT molecular complexity index is 1500. The monoisotopic (exact) mass is 584 g/mol. The summed E-state index contributed by atoms with van der Waals surface area (Å²) in [5, 5.41) is 11.6. The van der Waals surface area contributed by atoms with Gasteiger partial charge in [-0.2, -0.15) is 0 Å². The molecule has 3 unspecified atom stereocenters. The van der Waals surface area contributed by atoms with Gasteiger partial charge in [-0.15, -0.1) is 11.3 Å². The molecule has 0 saturated carbocycles. The second-order valence-electron chi connectivity index (χ2n) is 9.14. The molecule has 13 heteroatoms. The number of anilines is 2. The third kappa shape index (κ3) is 6.58. The van der Waals surface area contributed by atoms with Gasteiger partial charge in [-0.1, -0.05) is 24.0 Å². The van der Waals surface area contributed by atoms with E-state index in [-0.39, 0.29) is 34.2 Å². The van der Waals surface area contributed by atoms with E-state index in [1.807, 2.05) is 11.9 Å². The lowest BCUT2D eigenvalue weighted by Crippen LogP contribution is -2.46. The molecule has 3 atom stereocenters. The summed E-state index contributed by atoms with van der Waals surface area (Å²) in [5.74, 6) is 5.81. The molecule has 0 aliphatic carbocycles. The van der Waals surface area contributed by atoms with Gasteiger partial charge >= 0.3 is 0 Å². The van der Waals surface area contributed by atoms with Crippen molar-refractivity contribution in [3.05, 3.63) is 46.8 Å². The molecule has 1 saturated heterocycles. The van der Waals surface area contributed by atoms with E-state index >= 15 is 0 Å². The topological polar surface area (TPSA) is 96.7 Å². The molecule has 2 aromatic carbocycles. The summed E-state index contributed by atoms with van der Waals surface area (Å²) in [5.41, 5.74) is 0.775. The first-order valence-electron chi connectivity index (χ1n) is 12.0. The van der Waals surface area contributed by atoms with Gasteiger partial charge in [0.25, 0.3) is 6.43 Å². The Morgan fingerprint density at radius 3 is 2.67 bits per heavy atom. The van der Waals surface area contributed by atoms with Crippen LogP contribution in [-0.2, 0) is 10.0 Å². The maximum atomic E-state index is 14.8. The molecule has 0 radical (unpaired) electrons. The van der Waals surface area contributed by atoms with Crippen molar-refractivity contribution in [3.63, 3.8) is 0 Å². The number of halogens is 4. The van der Waals surface area contributed by atoms with Gasteiger partial charge in [0.1, 0.15) is 11.9 Å². The number of fused-ring (bicyclic) bond motifs is 1. The minimum atomic E-state index is -3.92. The van der Waals surface area contributed by atoms with Crippen LogP contribution >= 0.6 is 11.3 Å². The zero-order valence-electron chi connectivity index (χ0n) is 21.2. The summed E-state index contributed by atoms with van der Waals surface area (Å²) in [4.78, 5) is 1.91. The number of primary sulfonamides is 1. The molecule has 0 bridgehead atoms. The molecule has 0 amide bonds. The molecule has 3 aromatic rings. The number of rotatable bonds is 8. The van der Waals surface area contributed by atoms with Gasteiger partial charge < -0.3 is 20.3 Å². The van der Waals surface area contributed by atoms with Crippen molar-refractivity contribution in [2.75, 3.05) is 44.4 Å². The van der Waals surface area contributed by atoms with Crippen LogP contribution in [0.15, 0.2) is 41.3 Å². The van der Waals surface area contributed by atoms with E-state index in [4.69, 9.17) is 9.88 Å². The number of thiophene rings is 1. The zero-order chi connectivity index (χ0) is 28.3. The van der Waals surface area contributed by atoms with Gasteiger partial charge in [0.15, 0.2) is 6.17 Å². The molecule has 39 heavy (non-hydrogen) atoms. The fourth-order valence-corrected chi connectivity index (χ4v) is 6.14. The number of piperidine rings is 1. The second-order valence-corrected chi connectivity index (χ2v) is 11.7. The molecular weight excluding hydrogens is 556 g/mol. The van der Waals surface area contributed by atoms with Gasteiger partial charge in [0.2, 0.25) is 10.0 Å². The standard InChI is InChI=1S/C26H28F4N4O3S2/c1-34-12-10-18(17(27)14-34)33-20-6-3-5-16-23(24(28)26(29)30)22(38-25(16)20)7-4-11-32-19-9-8-15(39(31,35)36)13-21(19)37-2/h3,5-6,8-9,13,17-18,24,26,32-33H,10-12,14H2,1-2H3,(H2,31,35,36). The number of nitrogens with two attached hydrogens (primary N) is 1. The molecule has 7 nitrogen and oxygen atoms in total. The predicted octanol–water partition coefficient (Wildman–Crippen LogP) is 4.75. The fourth-order valence-electron chi connectivity index (χ4n) is 4.42. The first-order chi connectivity index (χ1) is 18.5. The molecule has 210 valence electrons. The van der Waals surface area contributed by atoms with Gasteiger partial charge in [0.05, 0.1) is 45.5 Å². The molecule has 1 aromatic heterocycles. The molecule has 0 spiro atoms. The van der Waals surface area contributed by atoms with Gasteiger partial charge in [-0.05, 0) is 31.7 Å². The number of nitrogens with zero attached hydrogens (tertiary/aromatic N) is 1. The first kappa shape index (κ1) is 28.9. The summed E-state index contributed by atoms with van der Waals surface area (Å²) in [6.45, 7) is 1.01. The van der Waals surface area contributed by atoms with E-state index < -0.39 is 34.8 Å². The van der Waals surface area contributed by atoms with Crippen LogP contribution in [0.3, 0.4) is 0 Å². The first-order valence-corrected chi connectivity index (χ1v) is 14.4. The largest absolute Gasteiger partial charge is 0.495 e. The number of sulfonamides is 1. The zero-order valence-corrected chi connectivity index (χ0v) is 22.8. The lowest BCUT2D eigenvalue weighted by Gasteiger charge is -2.33. The number of benzene rings is 2. The summed E-state index contributed by atoms with van der Waals surface area (Å²) < 4.78 is 85.3. The summed E-state index contributed by atoms with van der Waals surface area (Å²) in [7, 11) is -0.723. The number of nitrogens with one attached hydrogen (secondary N) is 2. The van der Waals surface area contributed by atoms with Crippen LogP contribution in [-0.4, -0.2) is 65.7 Å². The number of hydrogen-bond acceptors (Lipinski definition) is 7. The van der Waals surface area contributed by atoms with Crippen LogP contribution in [0.4, 0.5) is 28.9 Å². The van der Waals surface area contributed by atoms with E-state index in [9.17, 15) is 26.0 Å². The Balaban J connectivity index is 1.62. The molecule has 1 fully saturated rings. The van der Waals surface area contributed by atoms with E-state index in [2.05, 4.69) is 22.5 Å². The fraction of sp³-hybridized carbons (Fsp3) is 0.385. The van der Waals surface area contributed by atoms with Crippen LogP contribution in [0.2, 0.25) is 0 Å². The molecule has 1 aliphatic heterocycles. The highest BCUT2D eigenvalue weighted by molar-refractivity contribution is 7.89. The smallest absolute Gasteiger partial charge is 0.273 e. The van der Waals surface area contributed by atoms with E-state index in [1.165, 1.54) is 25.3 Å². The Morgan fingerprint density at radius 2 is 2.00 bits per heavy atom. The van der Waals surface area contributed by atoms with E-state index in [1.54, 1.807) is 18.2 Å². The number of ether oxygens (including phenoxy) is 1. The van der Waals surface area contributed by atoms with Crippen molar-refractivity contribution < 1.29 is 30.7 Å². The minimum Gasteiger partial charge on any atom is -0.495 e. The Hall–Kier alpha value is -3.05. The van der Waals surface area contributed by atoms with Crippen LogP contribution in [0.25, 0.3) is 10.1 Å². The lowest BCUT2D eigenvalue weighted by atomic mass is 10.0. The van der Waals surface area contributed by atoms with Crippen LogP contribution in [0, 0.1) is 11.8 Å². The maximum Gasteiger partial charge on any atom is 0.273 e. The maximum absolute atomic E-state index is 14.8. The van der Waals surface area contributed by atoms with Gasteiger partial charge in [-0.3, -0.25) is 0 Å². The Labute approximate surface area is 228 Å². The Morgan fingerprint density at radius 1 is 1.23 bits per heavy atom. The van der Waals surface area contributed by atoms with Crippen molar-refractivity contribution in [1.29, 1.82) is 0 Å². The highest BCUT2D eigenvalue weighted by Crippen LogP contribution is 2.42. The average molecular weight is 585 g/mol. The lowest BCUT2D eigenvalue weighted by molar-refractivity contribution is 0.0504. The van der Waals surface area contributed by atoms with Crippen molar-refractivity contribution in [1.82, 2.24) is 4.90 Å². The summed E-state index contributed by atoms with van der Waals surface area (Å²) in [6, 6.07) is 8.46. The second kappa shape index (κ2) is 12.0. The quantitative estimate of drug-likeness (QED) is 0.261. The molecular formula is C26H28F4N4O3S2. The van der Waals surface area contributed by atoms with Crippen molar-refractivity contribution in [2.45, 2.75) is 36.1 Å². The third-order valence-corrected chi connectivity index (χ3v) is 8.49. The highest BCUT2D eigenvalue weighted by Gasteiger charge is 2.31. The normalized spacial score (nSPS) is 19.0. The number of alkyl halides is 4. The number of methoxy groups -OCH3 is 1. The molecule has 1 aliphatic rings. The van der Waals surface area contributed by atoms with Crippen LogP contribution < -0.4 is 20.5 Å². The van der Waals surface area contributed by atoms with Crippen LogP contribution in [0.1, 0.15) is 23.0 Å². The minimum absolute atomic E-state index is 0.0224. The van der Waals surface area contributed by atoms with Gasteiger partial charge in [0, 0.05) is 30.1 Å². The van der Waals surface area contributed by atoms with E-state index in [0.29, 0.717) is 34.4 Å². The Kier molecular flexibility index (Phi) is 8.90. The van der Waals surface area contributed by atoms with Crippen molar-refractivity contribution in [3.8, 4) is 17.6 Å². The average Bonchev–Trinajstić information content (AvgIpc) is 3.26.